The van der Waals surface area contributed by atoms with Crippen LogP contribution in [0.5, 0.6) is 0 Å². The lowest BCUT2D eigenvalue weighted by atomic mass is 10.1. The van der Waals surface area contributed by atoms with Gasteiger partial charge in [-0.05, 0) is 5.56 Å². The molecule has 0 saturated heterocycles. The molecule has 0 unspecified atom stereocenters. The number of carbonyl (C=O) groups excluding carboxylic acids is 1. The maximum atomic E-state index is 10.1. The van der Waals surface area contributed by atoms with Crippen molar-refractivity contribution in [2.75, 3.05) is 0 Å². The molecule has 0 fully saturated rings. The minimum atomic E-state index is 0.278. The Balaban J connectivity index is 2.84. The molecule has 0 bridgehead atoms. The molecule has 0 aliphatic rings. The Morgan fingerprint density at radius 1 is 1.30 bits per heavy atom. The molecule has 1 aromatic carbocycles. The monoisotopic (exact) mass is 134 g/mol. The van der Waals surface area contributed by atoms with Crippen LogP contribution in [0.25, 0.3) is 0 Å². The highest BCUT2D eigenvalue weighted by atomic mass is 16.1. The van der Waals surface area contributed by atoms with Crippen molar-refractivity contribution in [3.63, 3.8) is 0 Å². The normalized spacial score (nSPS) is 9.80. The van der Waals surface area contributed by atoms with Crippen molar-refractivity contribution in [2.45, 2.75) is 0 Å². The van der Waals surface area contributed by atoms with E-state index >= 15 is 0 Å². The predicted octanol–water partition coefficient (Wildman–Crippen LogP) is 0.724. The van der Waals surface area contributed by atoms with Crippen molar-refractivity contribution in [3.8, 4) is 0 Å². The van der Waals surface area contributed by atoms with Gasteiger partial charge in [0.1, 0.15) is 12.3 Å². The second-order valence-corrected chi connectivity index (χ2v) is 1.94. The molecule has 0 heterocycles. The fourth-order valence-corrected chi connectivity index (χ4v) is 0.699. The first-order chi connectivity index (χ1) is 4.84. The molecule has 10 heavy (non-hydrogen) atoms. The Morgan fingerprint density at radius 3 is 2.40 bits per heavy atom. The minimum Gasteiger partial charge on any atom is -0.313 e. The van der Waals surface area contributed by atoms with E-state index in [1.54, 1.807) is 12.1 Å². The maximum absolute atomic E-state index is 10.1. The summed E-state index contributed by atoms with van der Waals surface area (Å²) in [6, 6.07) is 9.42. The average molecular weight is 134 g/mol. The number of hydrogen-bond acceptors (Lipinski definition) is 2. The fraction of sp³-hybridized carbons (Fsp3) is 0. The molecule has 2 heteroatoms. The van der Waals surface area contributed by atoms with E-state index in [0.29, 0.717) is 6.29 Å². The van der Waals surface area contributed by atoms with E-state index in [9.17, 15) is 4.79 Å². The van der Waals surface area contributed by atoms with Crippen molar-refractivity contribution in [2.24, 2.45) is 5.73 Å². The van der Waals surface area contributed by atoms with Crippen LogP contribution in [0.15, 0.2) is 30.3 Å². The van der Waals surface area contributed by atoms with Crippen LogP contribution >= 0.6 is 0 Å². The Morgan fingerprint density at radius 2 is 1.90 bits per heavy atom. The zero-order valence-corrected chi connectivity index (χ0v) is 5.45. The van der Waals surface area contributed by atoms with Gasteiger partial charge in [-0.25, -0.2) is 0 Å². The number of rotatable bonds is 2. The molecule has 2 nitrogen and oxygen atoms in total. The summed E-state index contributed by atoms with van der Waals surface area (Å²) >= 11 is 0. The molecule has 0 aromatic heterocycles. The molecule has 1 radical (unpaired) electrons. The van der Waals surface area contributed by atoms with Crippen LogP contribution in [-0.4, -0.2) is 6.29 Å². The van der Waals surface area contributed by atoms with Crippen LogP contribution in [0, 0.1) is 6.04 Å². The van der Waals surface area contributed by atoms with Gasteiger partial charge in [-0.2, -0.15) is 0 Å². The molecule has 0 aliphatic carbocycles. The highest BCUT2D eigenvalue weighted by Gasteiger charge is 2.01. The molecule has 0 atom stereocenters. The predicted molar refractivity (Wildman–Crippen MR) is 39.0 cm³/mol. The second-order valence-electron chi connectivity index (χ2n) is 1.94. The Kier molecular flexibility index (Phi) is 2.18. The first kappa shape index (κ1) is 6.96. The van der Waals surface area contributed by atoms with Crippen LogP contribution < -0.4 is 5.73 Å². The van der Waals surface area contributed by atoms with Gasteiger partial charge in [0, 0.05) is 0 Å². The fourth-order valence-electron chi connectivity index (χ4n) is 0.699. The van der Waals surface area contributed by atoms with E-state index in [4.69, 9.17) is 5.73 Å². The van der Waals surface area contributed by atoms with E-state index in [0.717, 1.165) is 5.56 Å². The van der Waals surface area contributed by atoms with Crippen LogP contribution in [0.2, 0.25) is 0 Å². The van der Waals surface area contributed by atoms with Gasteiger partial charge in [0.15, 0.2) is 0 Å². The molecule has 1 aromatic rings. The SMILES string of the molecule is N[C](C=O)c1ccccc1. The van der Waals surface area contributed by atoms with E-state index < -0.39 is 0 Å². The first-order valence-corrected chi connectivity index (χ1v) is 2.97. The molecule has 0 saturated carbocycles. The molecular weight excluding hydrogens is 126 g/mol. The maximum Gasteiger partial charge on any atom is 0.147 e. The number of aldehydes is 1. The number of hydrogen-bond donors (Lipinski definition) is 1. The van der Waals surface area contributed by atoms with Crippen LogP contribution in [0.3, 0.4) is 0 Å². The van der Waals surface area contributed by atoms with Crippen LogP contribution in [0.1, 0.15) is 5.56 Å². The zero-order valence-electron chi connectivity index (χ0n) is 5.45. The summed E-state index contributed by atoms with van der Waals surface area (Å²) < 4.78 is 0. The van der Waals surface area contributed by atoms with Gasteiger partial charge in [0.25, 0.3) is 0 Å². The molecule has 2 N–H and O–H groups in total. The van der Waals surface area contributed by atoms with E-state index in [1.807, 2.05) is 18.2 Å². The van der Waals surface area contributed by atoms with Gasteiger partial charge in [-0.1, -0.05) is 30.3 Å². The first-order valence-electron chi connectivity index (χ1n) is 2.97. The summed E-state index contributed by atoms with van der Waals surface area (Å²) in [5.74, 6) is 0. The quantitative estimate of drug-likeness (QED) is 0.606. The average Bonchev–Trinajstić information content (AvgIpc) is 2.05. The summed E-state index contributed by atoms with van der Waals surface area (Å²) in [6.07, 6.45) is 0.648. The van der Waals surface area contributed by atoms with Crippen molar-refractivity contribution in [1.82, 2.24) is 0 Å². The van der Waals surface area contributed by atoms with Gasteiger partial charge in [0.05, 0.1) is 0 Å². The topological polar surface area (TPSA) is 43.1 Å². The summed E-state index contributed by atoms with van der Waals surface area (Å²) in [6.45, 7) is 0. The summed E-state index contributed by atoms with van der Waals surface area (Å²) in [4.78, 5) is 10.1. The third kappa shape index (κ3) is 1.42. The van der Waals surface area contributed by atoms with Crippen LogP contribution in [-0.2, 0) is 4.79 Å². The van der Waals surface area contributed by atoms with Crippen LogP contribution in [0.4, 0.5) is 0 Å². The summed E-state index contributed by atoms with van der Waals surface area (Å²) in [7, 11) is 0. The Hall–Kier alpha value is -1.15. The third-order valence-electron chi connectivity index (χ3n) is 1.23. The lowest BCUT2D eigenvalue weighted by Gasteiger charge is -1.99. The molecule has 1 rings (SSSR count). The number of carbonyl (C=O) groups is 1. The summed E-state index contributed by atoms with van der Waals surface area (Å²) in [5, 5.41) is 0. The molecule has 0 aliphatic heterocycles. The van der Waals surface area contributed by atoms with Crippen molar-refractivity contribution < 1.29 is 4.79 Å². The van der Waals surface area contributed by atoms with Crippen molar-refractivity contribution >= 4 is 6.29 Å². The third-order valence-corrected chi connectivity index (χ3v) is 1.23. The molecule has 0 spiro atoms. The lowest BCUT2D eigenvalue weighted by molar-refractivity contribution is -0.106. The van der Waals surface area contributed by atoms with E-state index in [2.05, 4.69) is 0 Å². The van der Waals surface area contributed by atoms with E-state index in [1.165, 1.54) is 0 Å². The molecule has 0 amide bonds. The smallest absolute Gasteiger partial charge is 0.147 e. The highest BCUT2D eigenvalue weighted by Crippen LogP contribution is 2.04. The van der Waals surface area contributed by atoms with Gasteiger partial charge >= 0.3 is 0 Å². The zero-order chi connectivity index (χ0) is 7.40. The number of nitrogens with two attached hydrogens (primary N) is 1. The van der Waals surface area contributed by atoms with Crippen molar-refractivity contribution in [1.29, 1.82) is 0 Å². The van der Waals surface area contributed by atoms with Crippen molar-refractivity contribution in [3.05, 3.63) is 41.9 Å². The molecule has 51 valence electrons. The second kappa shape index (κ2) is 3.13. The Labute approximate surface area is 59.7 Å². The largest absolute Gasteiger partial charge is 0.313 e. The van der Waals surface area contributed by atoms with Gasteiger partial charge in [-0.15, -0.1) is 0 Å². The number of benzene rings is 1. The van der Waals surface area contributed by atoms with E-state index in [-0.39, 0.29) is 6.04 Å². The lowest BCUT2D eigenvalue weighted by Crippen LogP contribution is -2.11. The Bertz CT molecular complexity index is 208. The standard InChI is InChI=1S/C8H8NO/c9-8(6-10)7-4-2-1-3-5-7/h1-6H,9H2. The summed E-state index contributed by atoms with van der Waals surface area (Å²) in [5.41, 5.74) is 6.12. The van der Waals surface area contributed by atoms with Gasteiger partial charge < -0.3 is 10.5 Å². The minimum absolute atomic E-state index is 0.278. The highest BCUT2D eigenvalue weighted by molar-refractivity contribution is 5.74. The van der Waals surface area contributed by atoms with Gasteiger partial charge in [0.2, 0.25) is 0 Å². The van der Waals surface area contributed by atoms with Gasteiger partial charge in [-0.3, -0.25) is 0 Å². The molecular formula is C8H8NO.